The maximum absolute atomic E-state index is 9.71. The Bertz CT molecular complexity index is 249. The summed E-state index contributed by atoms with van der Waals surface area (Å²) in [6.07, 6.45) is 1.45. The summed E-state index contributed by atoms with van der Waals surface area (Å²) < 4.78 is 3.90. The molecule has 0 aliphatic rings. The fraction of sp³-hybridized carbons (Fsp3) is 0.200. The van der Waals surface area contributed by atoms with Crippen LogP contribution in [0.2, 0.25) is 0 Å². The molecule has 0 saturated carbocycles. The van der Waals surface area contributed by atoms with Crippen molar-refractivity contribution in [3.8, 4) is 0 Å². The molecule has 0 aromatic carbocycles. The Kier molecular flexibility index (Phi) is 1.72. The van der Waals surface area contributed by atoms with Gasteiger partial charge in [-0.2, -0.15) is 9.37 Å². The van der Waals surface area contributed by atoms with Crippen molar-refractivity contribution in [2.45, 2.75) is 6.92 Å². The Labute approximate surface area is 56.2 Å². The van der Waals surface area contributed by atoms with Gasteiger partial charge in [-0.3, -0.25) is 0 Å². The van der Waals surface area contributed by atoms with Crippen LogP contribution in [0.5, 0.6) is 0 Å². The van der Waals surface area contributed by atoms with Crippen LogP contribution in [0.4, 0.5) is 5.69 Å². The van der Waals surface area contributed by atoms with E-state index < -0.39 is 0 Å². The van der Waals surface area contributed by atoms with Gasteiger partial charge in [0.2, 0.25) is 6.08 Å². The van der Waals surface area contributed by atoms with Gasteiger partial charge >= 0.3 is 0 Å². The summed E-state index contributed by atoms with van der Waals surface area (Å²) in [6, 6.07) is 0. The normalized spacial score (nSPS) is 8.56. The van der Waals surface area contributed by atoms with E-state index in [9.17, 15) is 4.79 Å². The fourth-order valence-electron chi connectivity index (χ4n) is 0.444. The van der Waals surface area contributed by atoms with E-state index in [4.69, 9.17) is 0 Å². The van der Waals surface area contributed by atoms with E-state index in [-0.39, 0.29) is 0 Å². The second kappa shape index (κ2) is 2.53. The van der Waals surface area contributed by atoms with Crippen molar-refractivity contribution < 1.29 is 4.79 Å². The van der Waals surface area contributed by atoms with Crippen LogP contribution in [-0.4, -0.2) is 10.5 Å². The van der Waals surface area contributed by atoms with Gasteiger partial charge in [0, 0.05) is 5.38 Å². The van der Waals surface area contributed by atoms with E-state index in [0.29, 0.717) is 5.69 Å². The van der Waals surface area contributed by atoms with E-state index in [0.717, 1.165) is 5.69 Å². The molecule has 0 bridgehead atoms. The van der Waals surface area contributed by atoms with Crippen molar-refractivity contribution in [2.75, 3.05) is 0 Å². The zero-order chi connectivity index (χ0) is 6.69. The van der Waals surface area contributed by atoms with Crippen LogP contribution in [0.25, 0.3) is 0 Å². The fourth-order valence-corrected chi connectivity index (χ4v) is 1.07. The number of hydrogen-bond acceptors (Lipinski definition) is 4. The third kappa shape index (κ3) is 1.22. The lowest BCUT2D eigenvalue weighted by Gasteiger charge is -1.78. The first-order chi connectivity index (χ1) is 4.34. The Balaban J connectivity index is 3.07. The highest BCUT2D eigenvalue weighted by Gasteiger charge is 1.95. The van der Waals surface area contributed by atoms with Gasteiger partial charge in [-0.1, -0.05) is 0 Å². The van der Waals surface area contributed by atoms with Gasteiger partial charge in [0.25, 0.3) is 0 Å². The summed E-state index contributed by atoms with van der Waals surface area (Å²) in [4.78, 5) is 13.1. The van der Waals surface area contributed by atoms with Gasteiger partial charge in [-0.25, -0.2) is 4.79 Å². The van der Waals surface area contributed by atoms with Gasteiger partial charge < -0.3 is 0 Å². The monoisotopic (exact) mass is 140 g/mol. The third-order valence-electron chi connectivity index (χ3n) is 0.891. The van der Waals surface area contributed by atoms with Gasteiger partial charge in [-0.15, -0.1) is 0 Å². The van der Waals surface area contributed by atoms with Crippen molar-refractivity contribution in [2.24, 2.45) is 4.99 Å². The summed E-state index contributed by atoms with van der Waals surface area (Å²) in [5.41, 5.74) is 1.40. The Hall–Kier alpha value is -0.990. The number of hydrogen-bond donors (Lipinski definition) is 0. The summed E-state index contributed by atoms with van der Waals surface area (Å²) in [7, 11) is 0. The van der Waals surface area contributed by atoms with Crippen molar-refractivity contribution in [1.29, 1.82) is 0 Å². The lowest BCUT2D eigenvalue weighted by molar-refractivity contribution is 0.565. The van der Waals surface area contributed by atoms with Crippen LogP contribution in [0.1, 0.15) is 5.69 Å². The van der Waals surface area contributed by atoms with Crippen LogP contribution in [0.3, 0.4) is 0 Å². The Morgan fingerprint density at radius 1 is 1.89 bits per heavy atom. The van der Waals surface area contributed by atoms with Crippen molar-refractivity contribution >= 4 is 23.3 Å². The molecule has 0 N–H and O–H groups in total. The quantitative estimate of drug-likeness (QED) is 0.437. The SMILES string of the molecule is Cc1nscc1N=C=O. The first-order valence-corrected chi connectivity index (χ1v) is 3.17. The Morgan fingerprint density at radius 3 is 3.11 bits per heavy atom. The summed E-state index contributed by atoms with van der Waals surface area (Å²) >= 11 is 1.28. The van der Waals surface area contributed by atoms with E-state index in [2.05, 4.69) is 9.37 Å². The largest absolute Gasteiger partial charge is 0.240 e. The molecule has 9 heavy (non-hydrogen) atoms. The number of nitrogens with zero attached hydrogens (tertiary/aromatic N) is 2. The lowest BCUT2D eigenvalue weighted by atomic mass is 10.4. The van der Waals surface area contributed by atoms with Crippen molar-refractivity contribution in [3.05, 3.63) is 11.1 Å². The molecule has 1 aromatic heterocycles. The molecule has 0 radical (unpaired) electrons. The zero-order valence-electron chi connectivity index (χ0n) is 4.79. The minimum absolute atomic E-state index is 0.620. The van der Waals surface area contributed by atoms with E-state index in [1.54, 1.807) is 12.3 Å². The molecule has 0 aliphatic carbocycles. The van der Waals surface area contributed by atoms with Crippen molar-refractivity contribution in [1.82, 2.24) is 4.37 Å². The number of carbonyl (C=O) groups excluding carboxylic acids is 1. The second-order valence-electron chi connectivity index (χ2n) is 1.49. The first kappa shape index (κ1) is 6.13. The number of aliphatic imine (C=N–C) groups is 1. The highest BCUT2D eigenvalue weighted by Crippen LogP contribution is 2.17. The smallest absolute Gasteiger partial charge is 0.211 e. The van der Waals surface area contributed by atoms with Crippen LogP contribution >= 0.6 is 11.5 Å². The van der Waals surface area contributed by atoms with Crippen LogP contribution < -0.4 is 0 Å². The van der Waals surface area contributed by atoms with Crippen LogP contribution in [0.15, 0.2) is 10.4 Å². The van der Waals surface area contributed by atoms with Crippen LogP contribution in [-0.2, 0) is 4.79 Å². The van der Waals surface area contributed by atoms with E-state index in [1.165, 1.54) is 17.6 Å². The number of rotatable bonds is 1. The Morgan fingerprint density at radius 2 is 2.67 bits per heavy atom. The maximum Gasteiger partial charge on any atom is 0.240 e. The highest BCUT2D eigenvalue weighted by molar-refractivity contribution is 7.04. The van der Waals surface area contributed by atoms with E-state index >= 15 is 0 Å². The zero-order valence-corrected chi connectivity index (χ0v) is 5.60. The van der Waals surface area contributed by atoms with Crippen LogP contribution in [0, 0.1) is 6.92 Å². The van der Waals surface area contributed by atoms with Gasteiger partial charge in [-0.05, 0) is 18.5 Å². The first-order valence-electron chi connectivity index (χ1n) is 2.33. The van der Waals surface area contributed by atoms with Gasteiger partial charge in [0.1, 0.15) is 5.69 Å². The minimum Gasteiger partial charge on any atom is -0.211 e. The molecule has 1 heterocycles. The molecular weight excluding hydrogens is 136 g/mol. The predicted octanol–water partition coefficient (Wildman–Crippen LogP) is 1.42. The second-order valence-corrected chi connectivity index (χ2v) is 2.12. The molecule has 0 atom stereocenters. The summed E-state index contributed by atoms with van der Waals surface area (Å²) in [6.45, 7) is 1.80. The molecule has 0 unspecified atom stereocenters. The molecule has 1 aromatic rings. The minimum atomic E-state index is 0.620. The molecule has 4 heteroatoms. The van der Waals surface area contributed by atoms with Crippen molar-refractivity contribution in [3.63, 3.8) is 0 Å². The molecule has 0 saturated heterocycles. The van der Waals surface area contributed by atoms with Gasteiger partial charge in [0.15, 0.2) is 0 Å². The molecular formula is C5H4N2OS. The average Bonchev–Trinajstić information content (AvgIpc) is 2.18. The number of isocyanates is 1. The summed E-state index contributed by atoms with van der Waals surface area (Å²) in [5, 5.41) is 1.71. The molecule has 1 rings (SSSR count). The molecule has 0 spiro atoms. The number of aromatic nitrogens is 1. The third-order valence-corrected chi connectivity index (χ3v) is 1.60. The molecule has 0 amide bonds. The highest BCUT2D eigenvalue weighted by atomic mass is 32.1. The predicted molar refractivity (Wildman–Crippen MR) is 34.6 cm³/mol. The summed E-state index contributed by atoms with van der Waals surface area (Å²) in [5.74, 6) is 0. The van der Waals surface area contributed by atoms with E-state index in [1.807, 2.05) is 0 Å². The standard InChI is InChI=1S/C5H4N2OS/c1-4-5(6-3-8)2-9-7-4/h2H,1H3. The molecule has 3 nitrogen and oxygen atoms in total. The lowest BCUT2D eigenvalue weighted by Crippen LogP contribution is -1.65. The average molecular weight is 140 g/mol. The number of aryl methyl sites for hydroxylation is 1. The molecule has 0 fully saturated rings. The van der Waals surface area contributed by atoms with Gasteiger partial charge in [0.05, 0.1) is 5.69 Å². The molecule has 46 valence electrons. The topological polar surface area (TPSA) is 42.3 Å². The maximum atomic E-state index is 9.71. The molecule has 0 aliphatic heterocycles.